The zero-order chi connectivity index (χ0) is 10.7. The monoisotopic (exact) mass is 248 g/mol. The fourth-order valence-electron chi connectivity index (χ4n) is 1.22. The van der Waals surface area contributed by atoms with E-state index in [1.54, 1.807) is 13.0 Å². The molecule has 2 N–H and O–H groups in total. The molecule has 2 nitrogen and oxygen atoms in total. The van der Waals surface area contributed by atoms with Crippen LogP contribution in [0, 0.1) is 24.1 Å². The van der Waals surface area contributed by atoms with Gasteiger partial charge in [0.2, 0.25) is 0 Å². The second-order valence-electron chi connectivity index (χ2n) is 3.06. The third-order valence-electron chi connectivity index (χ3n) is 2.00. The maximum absolute atomic E-state index is 13.3. The van der Waals surface area contributed by atoms with Crippen LogP contribution in [0.15, 0.2) is 12.1 Å². The van der Waals surface area contributed by atoms with Crippen LogP contribution >= 0.6 is 24.0 Å². The fraction of sp³-hybridized carbons (Fsp3) is 0.300. The molecule has 0 unspecified atom stereocenters. The Morgan fingerprint density at radius 2 is 2.20 bits per heavy atom. The number of aryl methyl sites for hydroxylation is 1. The molecule has 0 saturated carbocycles. The Hall–Kier alpha value is -0.820. The summed E-state index contributed by atoms with van der Waals surface area (Å²) in [5, 5.41) is 8.77. The molecule has 1 rings (SSSR count). The lowest BCUT2D eigenvalue weighted by Gasteiger charge is -2.12. The highest BCUT2D eigenvalue weighted by Gasteiger charge is 2.16. The van der Waals surface area contributed by atoms with Gasteiger partial charge in [-0.15, -0.1) is 12.4 Å². The van der Waals surface area contributed by atoms with Crippen molar-refractivity contribution in [2.75, 3.05) is 0 Å². The van der Waals surface area contributed by atoms with Gasteiger partial charge < -0.3 is 5.73 Å². The van der Waals surface area contributed by atoms with Gasteiger partial charge >= 0.3 is 0 Å². The lowest BCUT2D eigenvalue weighted by atomic mass is 10.0. The molecule has 0 aliphatic heterocycles. The average Bonchev–Trinajstić information content (AvgIpc) is 2.13. The molecule has 82 valence electrons. The number of benzene rings is 1. The maximum Gasteiger partial charge on any atom is 0.129 e. The lowest BCUT2D eigenvalue weighted by Crippen LogP contribution is -2.12. The Morgan fingerprint density at radius 1 is 1.60 bits per heavy atom. The van der Waals surface area contributed by atoms with Crippen LogP contribution in [0.2, 0.25) is 5.02 Å². The highest BCUT2D eigenvalue weighted by atomic mass is 35.5. The molecule has 1 aromatic carbocycles. The first-order valence-electron chi connectivity index (χ1n) is 4.15. The van der Waals surface area contributed by atoms with Gasteiger partial charge in [0.15, 0.2) is 0 Å². The molecule has 0 aliphatic carbocycles. The molecule has 0 aromatic heterocycles. The molecule has 15 heavy (non-hydrogen) atoms. The van der Waals surface area contributed by atoms with Gasteiger partial charge in [-0.05, 0) is 18.6 Å². The lowest BCUT2D eigenvalue weighted by molar-refractivity contribution is 0.584. The number of nitriles is 1. The summed E-state index contributed by atoms with van der Waals surface area (Å²) < 4.78 is 13.3. The first-order valence-corrected chi connectivity index (χ1v) is 4.52. The second-order valence-corrected chi connectivity index (χ2v) is 3.44. The van der Waals surface area contributed by atoms with E-state index in [0.29, 0.717) is 5.02 Å². The Bertz CT molecular complexity index is 388. The van der Waals surface area contributed by atoms with Crippen LogP contribution < -0.4 is 5.73 Å². The highest BCUT2D eigenvalue weighted by Crippen LogP contribution is 2.28. The van der Waals surface area contributed by atoms with Crippen LogP contribution in [0.4, 0.5) is 4.39 Å². The number of nitrogens with two attached hydrogens (primary N) is 1. The summed E-state index contributed by atoms with van der Waals surface area (Å²) in [5.74, 6) is -0.455. The van der Waals surface area contributed by atoms with Gasteiger partial charge in [0, 0.05) is 11.6 Å². The summed E-state index contributed by atoms with van der Waals surface area (Å²) in [6, 6.07) is 4.13. The quantitative estimate of drug-likeness (QED) is 0.875. The summed E-state index contributed by atoms with van der Waals surface area (Å²) in [7, 11) is 0. The van der Waals surface area contributed by atoms with Gasteiger partial charge in [0.05, 0.1) is 17.5 Å². The minimum absolute atomic E-state index is 0. The minimum atomic E-state index is -0.660. The van der Waals surface area contributed by atoms with E-state index < -0.39 is 11.9 Å². The first kappa shape index (κ1) is 14.2. The molecule has 1 atom stereocenters. The van der Waals surface area contributed by atoms with Crippen molar-refractivity contribution >= 4 is 24.0 Å². The molecule has 0 aliphatic rings. The highest BCUT2D eigenvalue weighted by molar-refractivity contribution is 6.32. The van der Waals surface area contributed by atoms with E-state index in [0.717, 1.165) is 5.56 Å². The first-order chi connectivity index (χ1) is 6.57. The summed E-state index contributed by atoms with van der Waals surface area (Å²) in [5.41, 5.74) is 6.62. The number of rotatable bonds is 2. The Morgan fingerprint density at radius 3 is 2.73 bits per heavy atom. The summed E-state index contributed by atoms with van der Waals surface area (Å²) in [4.78, 5) is 0. The Labute approximate surface area is 99.2 Å². The maximum atomic E-state index is 13.3. The minimum Gasteiger partial charge on any atom is -0.323 e. The van der Waals surface area contributed by atoms with Gasteiger partial charge in [0.25, 0.3) is 0 Å². The SMILES string of the molecule is Cc1ccc(F)c([C@@H](N)CC#N)c1Cl.Cl. The summed E-state index contributed by atoms with van der Waals surface area (Å²) >= 11 is 5.90. The van der Waals surface area contributed by atoms with Crippen molar-refractivity contribution in [3.63, 3.8) is 0 Å². The molecular formula is C10H11Cl2FN2. The van der Waals surface area contributed by atoms with Crippen LogP contribution in [0.25, 0.3) is 0 Å². The van der Waals surface area contributed by atoms with Crippen molar-refractivity contribution in [3.05, 3.63) is 34.1 Å². The van der Waals surface area contributed by atoms with Crippen molar-refractivity contribution in [1.29, 1.82) is 5.26 Å². The molecule has 0 bridgehead atoms. The van der Waals surface area contributed by atoms with E-state index in [2.05, 4.69) is 0 Å². The van der Waals surface area contributed by atoms with Crippen LogP contribution in [0.1, 0.15) is 23.6 Å². The number of hydrogen-bond acceptors (Lipinski definition) is 2. The van der Waals surface area contributed by atoms with Crippen molar-refractivity contribution < 1.29 is 4.39 Å². The van der Waals surface area contributed by atoms with Crippen molar-refractivity contribution in [2.45, 2.75) is 19.4 Å². The number of halogens is 3. The molecular weight excluding hydrogens is 238 g/mol. The molecule has 0 spiro atoms. The predicted molar refractivity (Wildman–Crippen MR) is 60.6 cm³/mol. The van der Waals surface area contributed by atoms with Gasteiger partial charge in [-0.1, -0.05) is 17.7 Å². The third-order valence-corrected chi connectivity index (χ3v) is 2.50. The average molecular weight is 249 g/mol. The normalized spacial score (nSPS) is 11.4. The van der Waals surface area contributed by atoms with Gasteiger partial charge in [0.1, 0.15) is 5.82 Å². The van der Waals surface area contributed by atoms with Crippen LogP contribution in [-0.4, -0.2) is 0 Å². The van der Waals surface area contributed by atoms with Crippen LogP contribution in [0.3, 0.4) is 0 Å². The Kier molecular flexibility index (Phi) is 5.59. The van der Waals surface area contributed by atoms with Gasteiger partial charge in [-0.25, -0.2) is 4.39 Å². The van der Waals surface area contributed by atoms with E-state index in [1.165, 1.54) is 6.07 Å². The van der Waals surface area contributed by atoms with Crippen molar-refractivity contribution in [1.82, 2.24) is 0 Å². The number of nitrogens with zero attached hydrogens (tertiary/aromatic N) is 1. The third kappa shape index (κ3) is 3.07. The zero-order valence-corrected chi connectivity index (χ0v) is 9.70. The van der Waals surface area contributed by atoms with Gasteiger partial charge in [-0.2, -0.15) is 5.26 Å². The Balaban J connectivity index is 0.00000196. The molecule has 5 heteroatoms. The summed E-state index contributed by atoms with van der Waals surface area (Å²) in [6.45, 7) is 1.77. The van der Waals surface area contributed by atoms with E-state index in [9.17, 15) is 4.39 Å². The van der Waals surface area contributed by atoms with E-state index in [4.69, 9.17) is 22.6 Å². The summed E-state index contributed by atoms with van der Waals surface area (Å²) in [6.07, 6.45) is 0.0556. The fourth-order valence-corrected chi connectivity index (χ4v) is 1.51. The van der Waals surface area contributed by atoms with E-state index in [-0.39, 0.29) is 24.4 Å². The number of hydrogen-bond donors (Lipinski definition) is 1. The van der Waals surface area contributed by atoms with E-state index in [1.807, 2.05) is 6.07 Å². The van der Waals surface area contributed by atoms with Crippen molar-refractivity contribution in [3.8, 4) is 6.07 Å². The van der Waals surface area contributed by atoms with E-state index >= 15 is 0 Å². The smallest absolute Gasteiger partial charge is 0.129 e. The van der Waals surface area contributed by atoms with Gasteiger partial charge in [-0.3, -0.25) is 0 Å². The van der Waals surface area contributed by atoms with Crippen LogP contribution in [-0.2, 0) is 0 Å². The molecule has 0 fully saturated rings. The molecule has 0 amide bonds. The molecule has 1 aromatic rings. The second kappa shape index (κ2) is 5.92. The standard InChI is InChI=1S/C10H10ClFN2.ClH/c1-6-2-3-7(12)9(10(6)11)8(14)4-5-13;/h2-3,8H,4,14H2,1H3;1H/t8-;/m0./s1. The molecule has 0 heterocycles. The predicted octanol–water partition coefficient (Wildman–Crippen LogP) is 3.12. The largest absolute Gasteiger partial charge is 0.323 e. The topological polar surface area (TPSA) is 49.8 Å². The molecule has 0 saturated heterocycles. The molecule has 0 radical (unpaired) electrons. The van der Waals surface area contributed by atoms with Crippen molar-refractivity contribution in [2.24, 2.45) is 5.73 Å². The zero-order valence-electron chi connectivity index (χ0n) is 8.13. The van der Waals surface area contributed by atoms with Crippen LogP contribution in [0.5, 0.6) is 0 Å².